The Morgan fingerprint density at radius 3 is 3.09 bits per heavy atom. The van der Waals surface area contributed by atoms with E-state index in [-0.39, 0.29) is 6.29 Å². The summed E-state index contributed by atoms with van der Waals surface area (Å²) in [5.74, 6) is 0. The van der Waals surface area contributed by atoms with E-state index in [1.807, 2.05) is 20.0 Å². The summed E-state index contributed by atoms with van der Waals surface area (Å²) in [5, 5.41) is 9.51. The van der Waals surface area contributed by atoms with E-state index in [1.54, 1.807) is 6.20 Å². The van der Waals surface area contributed by atoms with Gasteiger partial charge < -0.3 is 4.74 Å². The third kappa shape index (κ3) is 1.70. The lowest BCUT2D eigenvalue weighted by molar-refractivity contribution is -0.197. The number of hydroxylamine groups is 2. The number of rotatable bonds is 2. The fourth-order valence-electron chi connectivity index (χ4n) is 0.828. The molecule has 0 saturated heterocycles. The second-order valence-electron chi connectivity index (χ2n) is 2.19. The minimum absolute atomic E-state index is 0.375. The highest BCUT2D eigenvalue weighted by Crippen LogP contribution is 2.17. The summed E-state index contributed by atoms with van der Waals surface area (Å²) in [4.78, 5) is 5.02. The van der Waals surface area contributed by atoms with E-state index in [4.69, 9.17) is 14.8 Å². The first kappa shape index (κ1) is 8.05. The van der Waals surface area contributed by atoms with Gasteiger partial charge in [0.25, 0.3) is 0 Å². The third-order valence-electron chi connectivity index (χ3n) is 1.32. The summed E-state index contributed by atoms with van der Waals surface area (Å²) in [7, 11) is 0. The van der Waals surface area contributed by atoms with Gasteiger partial charge in [-0.05, 0) is 13.8 Å². The van der Waals surface area contributed by atoms with Crippen molar-refractivity contribution in [3.8, 4) is 6.19 Å². The molecule has 4 nitrogen and oxygen atoms in total. The second-order valence-corrected chi connectivity index (χ2v) is 2.19. The molecule has 0 aromatic heterocycles. The van der Waals surface area contributed by atoms with E-state index in [0.717, 1.165) is 10.6 Å². The maximum Gasteiger partial charge on any atom is 0.210 e. The number of nitrogens with zero attached hydrogens (tertiary/aromatic N) is 2. The van der Waals surface area contributed by atoms with Gasteiger partial charge in [-0.2, -0.15) is 10.3 Å². The van der Waals surface area contributed by atoms with Gasteiger partial charge in [0.05, 0.1) is 0 Å². The van der Waals surface area contributed by atoms with Crippen molar-refractivity contribution in [2.75, 3.05) is 6.61 Å². The van der Waals surface area contributed by atoms with Crippen molar-refractivity contribution in [1.29, 1.82) is 5.26 Å². The Bertz CT molecular complexity index is 207. The van der Waals surface area contributed by atoms with Crippen LogP contribution in [-0.2, 0) is 9.57 Å². The Morgan fingerprint density at radius 1 is 1.91 bits per heavy atom. The third-order valence-corrected chi connectivity index (χ3v) is 1.32. The number of ether oxygens (including phenoxy) is 1. The van der Waals surface area contributed by atoms with Crippen LogP contribution in [0.2, 0.25) is 0 Å². The molecule has 0 saturated carbocycles. The first-order valence-electron chi connectivity index (χ1n) is 3.43. The molecule has 1 unspecified atom stereocenters. The average Bonchev–Trinajstić information content (AvgIpc) is 2.33. The first-order chi connectivity index (χ1) is 5.27. The maximum absolute atomic E-state index is 8.42. The predicted molar refractivity (Wildman–Crippen MR) is 37.7 cm³/mol. The molecular formula is C7H10N2O2. The van der Waals surface area contributed by atoms with Crippen LogP contribution in [0.25, 0.3) is 0 Å². The van der Waals surface area contributed by atoms with Crippen molar-refractivity contribution in [2.45, 2.75) is 20.1 Å². The molecule has 0 amide bonds. The van der Waals surface area contributed by atoms with Crippen molar-refractivity contribution >= 4 is 0 Å². The Balaban J connectivity index is 2.51. The van der Waals surface area contributed by atoms with Crippen molar-refractivity contribution in [2.24, 2.45) is 0 Å². The van der Waals surface area contributed by atoms with Crippen molar-refractivity contribution in [3.63, 3.8) is 0 Å². The molecule has 1 rings (SSSR count). The lowest BCUT2D eigenvalue weighted by Crippen LogP contribution is -2.17. The molecule has 1 atom stereocenters. The molecule has 0 bridgehead atoms. The Morgan fingerprint density at radius 2 is 2.64 bits per heavy atom. The molecule has 0 aromatic rings. The van der Waals surface area contributed by atoms with Crippen LogP contribution in [0, 0.1) is 11.5 Å². The molecule has 0 radical (unpaired) electrons. The highest BCUT2D eigenvalue weighted by atomic mass is 16.8. The number of nitriles is 1. The zero-order chi connectivity index (χ0) is 8.27. The summed E-state index contributed by atoms with van der Waals surface area (Å²) in [6, 6.07) is 0. The fraction of sp³-hybridized carbons (Fsp3) is 0.571. The lowest BCUT2D eigenvalue weighted by Gasteiger charge is -2.11. The van der Waals surface area contributed by atoms with Crippen molar-refractivity contribution in [3.05, 3.63) is 11.8 Å². The molecule has 0 N–H and O–H groups in total. The van der Waals surface area contributed by atoms with Crippen LogP contribution in [0.1, 0.15) is 13.8 Å². The van der Waals surface area contributed by atoms with Crippen LogP contribution in [0.5, 0.6) is 0 Å². The molecule has 11 heavy (non-hydrogen) atoms. The summed E-state index contributed by atoms with van der Waals surface area (Å²) < 4.78 is 5.16. The van der Waals surface area contributed by atoms with E-state index in [9.17, 15) is 0 Å². The maximum atomic E-state index is 8.42. The average molecular weight is 154 g/mol. The Hall–Kier alpha value is -1.05. The molecule has 1 heterocycles. The van der Waals surface area contributed by atoms with Crippen LogP contribution in [0.3, 0.4) is 0 Å². The monoisotopic (exact) mass is 154 g/mol. The summed E-state index contributed by atoms with van der Waals surface area (Å²) in [6.45, 7) is 4.32. The van der Waals surface area contributed by atoms with Crippen molar-refractivity contribution in [1.82, 2.24) is 5.06 Å². The van der Waals surface area contributed by atoms with Gasteiger partial charge in [-0.1, -0.05) is 0 Å². The largest absolute Gasteiger partial charge is 0.347 e. The first-order valence-corrected chi connectivity index (χ1v) is 3.43. The SMILES string of the molecule is CCOC1ON(C#N)C=C1C. The molecule has 0 aromatic carbocycles. The van der Waals surface area contributed by atoms with Gasteiger partial charge in [-0.3, -0.25) is 0 Å². The quantitative estimate of drug-likeness (QED) is 0.556. The smallest absolute Gasteiger partial charge is 0.210 e. The van der Waals surface area contributed by atoms with Crippen LogP contribution >= 0.6 is 0 Å². The van der Waals surface area contributed by atoms with E-state index < -0.39 is 0 Å². The van der Waals surface area contributed by atoms with Gasteiger partial charge in [0.1, 0.15) is 0 Å². The molecule has 60 valence electrons. The van der Waals surface area contributed by atoms with Crippen LogP contribution in [-0.4, -0.2) is 18.0 Å². The summed E-state index contributed by atoms with van der Waals surface area (Å²) >= 11 is 0. The zero-order valence-electron chi connectivity index (χ0n) is 6.57. The predicted octanol–water partition coefficient (Wildman–Crippen LogP) is 0.981. The number of hydrogen-bond donors (Lipinski definition) is 0. The van der Waals surface area contributed by atoms with Gasteiger partial charge in [0.2, 0.25) is 12.5 Å². The second kappa shape index (κ2) is 3.37. The normalized spacial score (nSPS) is 23.2. The highest BCUT2D eigenvalue weighted by Gasteiger charge is 2.22. The van der Waals surface area contributed by atoms with Gasteiger partial charge in [-0.25, -0.2) is 4.84 Å². The fourth-order valence-corrected chi connectivity index (χ4v) is 0.828. The van der Waals surface area contributed by atoms with E-state index in [0.29, 0.717) is 6.61 Å². The molecule has 1 aliphatic rings. The highest BCUT2D eigenvalue weighted by molar-refractivity contribution is 5.06. The zero-order valence-corrected chi connectivity index (χ0v) is 6.57. The molecule has 4 heteroatoms. The summed E-state index contributed by atoms with van der Waals surface area (Å²) in [6.07, 6.45) is 3.07. The van der Waals surface area contributed by atoms with Gasteiger partial charge in [-0.15, -0.1) is 0 Å². The van der Waals surface area contributed by atoms with Gasteiger partial charge in [0.15, 0.2) is 0 Å². The van der Waals surface area contributed by atoms with E-state index in [2.05, 4.69) is 0 Å². The molecule has 1 aliphatic heterocycles. The molecule has 0 aliphatic carbocycles. The Kier molecular flexibility index (Phi) is 2.47. The van der Waals surface area contributed by atoms with Crippen LogP contribution in [0.15, 0.2) is 11.8 Å². The van der Waals surface area contributed by atoms with Gasteiger partial charge >= 0.3 is 0 Å². The number of hydrogen-bond acceptors (Lipinski definition) is 4. The minimum atomic E-state index is -0.375. The standard InChI is InChI=1S/C7H10N2O2/c1-3-10-7-6(2)4-9(5-8)11-7/h4,7H,3H2,1-2H3. The molecular weight excluding hydrogens is 144 g/mol. The van der Waals surface area contributed by atoms with Crippen LogP contribution in [0.4, 0.5) is 0 Å². The molecule has 0 spiro atoms. The topological polar surface area (TPSA) is 45.5 Å². The summed E-state index contributed by atoms with van der Waals surface area (Å²) in [5.41, 5.74) is 0.911. The Labute approximate surface area is 65.6 Å². The minimum Gasteiger partial charge on any atom is -0.347 e. The van der Waals surface area contributed by atoms with Crippen molar-refractivity contribution < 1.29 is 9.57 Å². The lowest BCUT2D eigenvalue weighted by atomic mass is 10.3. The van der Waals surface area contributed by atoms with Crippen LogP contribution < -0.4 is 0 Å². The van der Waals surface area contributed by atoms with E-state index >= 15 is 0 Å². The van der Waals surface area contributed by atoms with Gasteiger partial charge in [0, 0.05) is 18.4 Å². The van der Waals surface area contributed by atoms with E-state index in [1.165, 1.54) is 0 Å². The molecule has 0 fully saturated rings.